The Labute approximate surface area is 92.7 Å². The molecule has 1 aliphatic carbocycles. The van der Waals surface area contributed by atoms with Gasteiger partial charge in [0.2, 0.25) is 0 Å². The molecule has 2 rings (SSSR count). The van der Waals surface area contributed by atoms with Crippen LogP contribution in [0.2, 0.25) is 0 Å². The highest BCUT2D eigenvalue weighted by molar-refractivity contribution is 5.24. The first kappa shape index (κ1) is 11.5. The van der Waals surface area contributed by atoms with Crippen LogP contribution in [0.5, 0.6) is 0 Å². The van der Waals surface area contributed by atoms with Gasteiger partial charge in [0.05, 0.1) is 0 Å². The first-order valence-corrected chi connectivity index (χ1v) is 5.32. The molecule has 0 unspecified atom stereocenters. The average molecular weight is 229 g/mol. The van der Waals surface area contributed by atoms with Gasteiger partial charge in [0, 0.05) is 31.0 Å². The van der Waals surface area contributed by atoms with Gasteiger partial charge < -0.3 is 5.32 Å². The van der Waals surface area contributed by atoms with Crippen molar-refractivity contribution in [3.05, 3.63) is 35.1 Å². The van der Waals surface area contributed by atoms with E-state index in [1.165, 1.54) is 6.07 Å². The van der Waals surface area contributed by atoms with Gasteiger partial charge in [0.25, 0.3) is 5.92 Å². The molecule has 1 aliphatic rings. The molecule has 1 saturated carbocycles. The normalized spacial score (nSPS) is 19.5. The molecule has 0 bridgehead atoms. The lowest BCUT2D eigenvalue weighted by molar-refractivity contribution is -0.0930. The molecule has 0 saturated heterocycles. The van der Waals surface area contributed by atoms with Crippen molar-refractivity contribution in [1.29, 1.82) is 0 Å². The highest BCUT2D eigenvalue weighted by atomic mass is 19.3. The predicted octanol–water partition coefficient (Wildman–Crippen LogP) is 3.02. The number of alkyl halides is 2. The molecule has 0 aromatic heterocycles. The monoisotopic (exact) mass is 229 g/mol. The van der Waals surface area contributed by atoms with E-state index >= 15 is 0 Å². The van der Waals surface area contributed by atoms with Crippen LogP contribution in [0.15, 0.2) is 18.2 Å². The predicted molar refractivity (Wildman–Crippen MR) is 55.9 cm³/mol. The van der Waals surface area contributed by atoms with E-state index in [9.17, 15) is 13.2 Å². The smallest absolute Gasteiger partial charge is 0.251 e. The molecule has 1 aromatic rings. The summed E-state index contributed by atoms with van der Waals surface area (Å²) >= 11 is 0. The number of nitrogens with one attached hydrogen (secondary N) is 1. The first-order valence-electron chi connectivity index (χ1n) is 5.32. The second kappa shape index (κ2) is 4.09. The summed E-state index contributed by atoms with van der Waals surface area (Å²) in [6.07, 6.45) is -0.277. The fourth-order valence-corrected chi connectivity index (χ4v) is 1.90. The highest BCUT2D eigenvalue weighted by Crippen LogP contribution is 2.37. The van der Waals surface area contributed by atoms with Crippen molar-refractivity contribution in [1.82, 2.24) is 5.32 Å². The third-order valence-electron chi connectivity index (χ3n) is 2.87. The lowest BCUT2D eigenvalue weighted by Crippen LogP contribution is -2.48. The third kappa shape index (κ3) is 2.55. The average Bonchev–Trinajstić information content (AvgIpc) is 2.16. The molecule has 0 amide bonds. The van der Waals surface area contributed by atoms with E-state index in [0.717, 1.165) is 5.56 Å². The molecule has 0 atom stereocenters. The van der Waals surface area contributed by atoms with Crippen molar-refractivity contribution in [2.45, 2.75) is 38.3 Å². The SMILES string of the molecule is Cc1ccc(F)c(CNC2CC(F)(F)C2)c1. The lowest BCUT2D eigenvalue weighted by atomic mass is 9.88. The zero-order chi connectivity index (χ0) is 11.8. The molecule has 1 aromatic carbocycles. The minimum absolute atomic E-state index is 0.138. The zero-order valence-electron chi connectivity index (χ0n) is 9.06. The van der Waals surface area contributed by atoms with Crippen molar-refractivity contribution >= 4 is 0 Å². The Morgan fingerprint density at radius 1 is 1.38 bits per heavy atom. The van der Waals surface area contributed by atoms with Gasteiger partial charge in [-0.25, -0.2) is 13.2 Å². The van der Waals surface area contributed by atoms with Gasteiger partial charge >= 0.3 is 0 Å². The number of hydrogen-bond acceptors (Lipinski definition) is 1. The van der Waals surface area contributed by atoms with E-state index < -0.39 is 5.92 Å². The van der Waals surface area contributed by atoms with Crippen LogP contribution in [0.25, 0.3) is 0 Å². The third-order valence-corrected chi connectivity index (χ3v) is 2.87. The Morgan fingerprint density at radius 2 is 2.06 bits per heavy atom. The van der Waals surface area contributed by atoms with Crippen LogP contribution >= 0.6 is 0 Å². The fourth-order valence-electron chi connectivity index (χ4n) is 1.90. The van der Waals surface area contributed by atoms with E-state index in [0.29, 0.717) is 12.1 Å². The Bertz CT molecular complexity index is 382. The van der Waals surface area contributed by atoms with Gasteiger partial charge in [-0.1, -0.05) is 17.7 Å². The van der Waals surface area contributed by atoms with Gasteiger partial charge in [0.15, 0.2) is 0 Å². The van der Waals surface area contributed by atoms with Gasteiger partial charge in [-0.05, 0) is 13.0 Å². The number of hydrogen-bond donors (Lipinski definition) is 1. The van der Waals surface area contributed by atoms with Crippen molar-refractivity contribution < 1.29 is 13.2 Å². The molecule has 88 valence electrons. The second-order valence-electron chi connectivity index (χ2n) is 4.44. The second-order valence-corrected chi connectivity index (χ2v) is 4.44. The van der Waals surface area contributed by atoms with Crippen LogP contribution in [0, 0.1) is 12.7 Å². The molecule has 1 fully saturated rings. The van der Waals surface area contributed by atoms with Crippen LogP contribution in [0.1, 0.15) is 24.0 Å². The molecule has 16 heavy (non-hydrogen) atoms. The molecule has 0 aliphatic heterocycles. The highest BCUT2D eigenvalue weighted by Gasteiger charge is 2.44. The van der Waals surface area contributed by atoms with Gasteiger partial charge in [0.1, 0.15) is 5.82 Å². The Balaban J connectivity index is 1.88. The van der Waals surface area contributed by atoms with Crippen LogP contribution in [0.4, 0.5) is 13.2 Å². The minimum atomic E-state index is -2.52. The lowest BCUT2D eigenvalue weighted by Gasteiger charge is -2.35. The first-order chi connectivity index (χ1) is 7.46. The molecule has 0 radical (unpaired) electrons. The molecule has 0 spiro atoms. The molecule has 1 nitrogen and oxygen atoms in total. The summed E-state index contributed by atoms with van der Waals surface area (Å²) in [5.74, 6) is -2.81. The molecule has 0 heterocycles. The molecular formula is C12H14F3N. The molecular weight excluding hydrogens is 215 g/mol. The van der Waals surface area contributed by atoms with Gasteiger partial charge in [-0.2, -0.15) is 0 Å². The van der Waals surface area contributed by atoms with Crippen LogP contribution < -0.4 is 5.32 Å². The quantitative estimate of drug-likeness (QED) is 0.840. The summed E-state index contributed by atoms with van der Waals surface area (Å²) in [5, 5.41) is 2.94. The Morgan fingerprint density at radius 3 is 2.69 bits per heavy atom. The van der Waals surface area contributed by atoms with E-state index in [4.69, 9.17) is 0 Å². The van der Waals surface area contributed by atoms with Crippen molar-refractivity contribution in [3.63, 3.8) is 0 Å². The summed E-state index contributed by atoms with van der Waals surface area (Å²) in [7, 11) is 0. The summed E-state index contributed by atoms with van der Waals surface area (Å²) in [6.45, 7) is 2.19. The maximum atomic E-state index is 13.3. The molecule has 1 N–H and O–H groups in total. The Hall–Kier alpha value is -1.03. The van der Waals surface area contributed by atoms with Gasteiger partial charge in [-0.15, -0.1) is 0 Å². The number of rotatable bonds is 3. The summed E-state index contributed by atoms with van der Waals surface area (Å²) < 4.78 is 38.4. The summed E-state index contributed by atoms with van der Waals surface area (Å²) in [5.41, 5.74) is 1.51. The Kier molecular flexibility index (Phi) is 2.93. The van der Waals surface area contributed by atoms with Crippen LogP contribution in [0.3, 0.4) is 0 Å². The zero-order valence-corrected chi connectivity index (χ0v) is 9.06. The van der Waals surface area contributed by atoms with E-state index in [-0.39, 0.29) is 24.7 Å². The van der Waals surface area contributed by atoms with Crippen molar-refractivity contribution in [2.75, 3.05) is 0 Å². The van der Waals surface area contributed by atoms with Crippen molar-refractivity contribution in [3.8, 4) is 0 Å². The minimum Gasteiger partial charge on any atom is -0.309 e. The van der Waals surface area contributed by atoms with E-state index in [1.54, 1.807) is 12.1 Å². The largest absolute Gasteiger partial charge is 0.309 e. The van der Waals surface area contributed by atoms with Crippen LogP contribution in [-0.4, -0.2) is 12.0 Å². The maximum absolute atomic E-state index is 13.3. The van der Waals surface area contributed by atoms with Gasteiger partial charge in [-0.3, -0.25) is 0 Å². The number of halogens is 3. The van der Waals surface area contributed by atoms with E-state index in [1.807, 2.05) is 6.92 Å². The van der Waals surface area contributed by atoms with E-state index in [2.05, 4.69) is 5.32 Å². The van der Waals surface area contributed by atoms with Crippen molar-refractivity contribution in [2.24, 2.45) is 0 Å². The fraction of sp³-hybridized carbons (Fsp3) is 0.500. The number of aryl methyl sites for hydroxylation is 1. The summed E-state index contributed by atoms with van der Waals surface area (Å²) in [4.78, 5) is 0. The maximum Gasteiger partial charge on any atom is 0.251 e. The summed E-state index contributed by atoms with van der Waals surface area (Å²) in [6, 6.07) is 4.65. The molecule has 4 heteroatoms. The topological polar surface area (TPSA) is 12.0 Å². The number of benzene rings is 1. The standard InChI is InChI=1S/C12H14F3N/c1-8-2-3-11(13)9(4-8)7-16-10-5-12(14,15)6-10/h2-4,10,16H,5-7H2,1H3. The van der Waals surface area contributed by atoms with Crippen LogP contribution in [-0.2, 0) is 6.54 Å².